The fourth-order valence-electron chi connectivity index (χ4n) is 2.11. The topological polar surface area (TPSA) is 15.3 Å². The molecule has 116 valence electrons. The van der Waals surface area contributed by atoms with Crippen LogP contribution in [-0.4, -0.2) is 18.5 Å². The van der Waals surface area contributed by atoms with Crippen molar-refractivity contribution in [3.63, 3.8) is 0 Å². The van der Waals surface area contributed by atoms with Crippen molar-refractivity contribution < 1.29 is 0 Å². The van der Waals surface area contributed by atoms with Gasteiger partial charge >= 0.3 is 0 Å². The summed E-state index contributed by atoms with van der Waals surface area (Å²) in [6.07, 6.45) is 0. The van der Waals surface area contributed by atoms with E-state index in [-0.39, 0.29) is 0 Å². The quantitative estimate of drug-likeness (QED) is 0.738. The molecule has 0 spiro atoms. The van der Waals surface area contributed by atoms with Gasteiger partial charge in [-0.2, -0.15) is 0 Å². The van der Waals surface area contributed by atoms with E-state index >= 15 is 0 Å². The Morgan fingerprint density at radius 2 is 1.67 bits per heavy atom. The summed E-state index contributed by atoms with van der Waals surface area (Å²) < 4.78 is 0.869. The molecule has 0 fully saturated rings. The van der Waals surface area contributed by atoms with E-state index in [1.807, 2.05) is 17.4 Å². The highest BCUT2D eigenvalue weighted by atomic mass is 35.5. The minimum absolute atomic E-state index is 0.702. The zero-order valence-corrected chi connectivity index (χ0v) is 15.2. The monoisotopic (exact) mass is 342 g/mol. The fraction of sp³-hybridized carbons (Fsp3) is 0.500. The third kappa shape index (κ3) is 6.09. The SMILES string of the molecule is CC(C)CNCc1ccc(CN(C)Cc2ccc(Cl)s2)s1. The lowest BCUT2D eigenvalue weighted by Gasteiger charge is -2.14. The Balaban J connectivity index is 1.78. The largest absolute Gasteiger partial charge is 0.312 e. The van der Waals surface area contributed by atoms with Gasteiger partial charge in [-0.15, -0.1) is 22.7 Å². The summed E-state index contributed by atoms with van der Waals surface area (Å²) in [6.45, 7) is 8.47. The van der Waals surface area contributed by atoms with Crippen LogP contribution in [0.25, 0.3) is 0 Å². The number of hydrogen-bond acceptors (Lipinski definition) is 4. The highest BCUT2D eigenvalue weighted by Gasteiger charge is 2.06. The summed E-state index contributed by atoms with van der Waals surface area (Å²) in [4.78, 5) is 6.48. The van der Waals surface area contributed by atoms with Crippen LogP contribution in [0.1, 0.15) is 28.5 Å². The minimum Gasteiger partial charge on any atom is -0.312 e. The van der Waals surface area contributed by atoms with Crippen LogP contribution < -0.4 is 5.32 Å². The molecule has 0 aliphatic carbocycles. The number of halogens is 1. The summed E-state index contributed by atoms with van der Waals surface area (Å²) in [7, 11) is 2.16. The highest BCUT2D eigenvalue weighted by molar-refractivity contribution is 7.16. The zero-order chi connectivity index (χ0) is 15.2. The zero-order valence-electron chi connectivity index (χ0n) is 12.9. The third-order valence-electron chi connectivity index (χ3n) is 3.05. The Hall–Kier alpha value is -0.390. The van der Waals surface area contributed by atoms with E-state index < -0.39 is 0 Å². The molecule has 0 atom stereocenters. The van der Waals surface area contributed by atoms with E-state index in [9.17, 15) is 0 Å². The van der Waals surface area contributed by atoms with Gasteiger partial charge in [0.15, 0.2) is 0 Å². The standard InChI is InChI=1S/C16H23ClN2S2/c1-12(2)8-18-9-13-4-5-14(20-13)10-19(3)11-15-6-7-16(17)21-15/h4-7,12,18H,8-11H2,1-3H3. The number of rotatable bonds is 8. The molecule has 0 aromatic carbocycles. The lowest BCUT2D eigenvalue weighted by atomic mass is 10.2. The average molecular weight is 343 g/mol. The lowest BCUT2D eigenvalue weighted by molar-refractivity contribution is 0.325. The van der Waals surface area contributed by atoms with Crippen LogP contribution in [0.15, 0.2) is 24.3 Å². The first-order valence-corrected chi connectivity index (χ1v) is 9.25. The normalized spacial score (nSPS) is 11.7. The molecule has 0 bridgehead atoms. The number of hydrogen-bond donors (Lipinski definition) is 1. The summed E-state index contributed by atoms with van der Waals surface area (Å²) in [5, 5.41) is 3.49. The molecule has 0 aliphatic rings. The second-order valence-electron chi connectivity index (χ2n) is 5.77. The Morgan fingerprint density at radius 1 is 1.05 bits per heavy atom. The van der Waals surface area contributed by atoms with E-state index in [0.29, 0.717) is 5.92 Å². The van der Waals surface area contributed by atoms with E-state index in [1.54, 1.807) is 11.3 Å². The van der Waals surface area contributed by atoms with Crippen LogP contribution >= 0.6 is 34.3 Å². The second-order valence-corrected chi connectivity index (χ2v) is 8.82. The van der Waals surface area contributed by atoms with Crippen molar-refractivity contribution in [1.29, 1.82) is 0 Å². The first-order chi connectivity index (χ1) is 10.0. The molecular formula is C16H23ClN2S2. The average Bonchev–Trinajstić information content (AvgIpc) is 2.98. The van der Waals surface area contributed by atoms with Crippen molar-refractivity contribution in [2.24, 2.45) is 5.92 Å². The van der Waals surface area contributed by atoms with Crippen LogP contribution in [0.5, 0.6) is 0 Å². The summed E-state index contributed by atoms with van der Waals surface area (Å²) in [5.41, 5.74) is 0. The smallest absolute Gasteiger partial charge is 0.0931 e. The van der Waals surface area contributed by atoms with Crippen molar-refractivity contribution >= 4 is 34.3 Å². The Labute approximate surface area is 140 Å². The van der Waals surface area contributed by atoms with Gasteiger partial charge in [-0.1, -0.05) is 25.4 Å². The van der Waals surface area contributed by atoms with Gasteiger partial charge in [0, 0.05) is 34.3 Å². The first kappa shape index (κ1) is 17.0. The molecule has 21 heavy (non-hydrogen) atoms. The number of nitrogens with zero attached hydrogens (tertiary/aromatic N) is 1. The summed E-state index contributed by atoms with van der Waals surface area (Å²) in [5.74, 6) is 0.702. The molecule has 1 N–H and O–H groups in total. The van der Waals surface area contributed by atoms with Crippen LogP contribution in [0.3, 0.4) is 0 Å². The molecule has 0 unspecified atom stereocenters. The predicted octanol–water partition coefficient (Wildman–Crippen LogP) is 4.84. The van der Waals surface area contributed by atoms with E-state index in [0.717, 1.165) is 30.5 Å². The molecule has 0 amide bonds. The Kier molecular flexibility index (Phi) is 6.71. The summed E-state index contributed by atoms with van der Waals surface area (Å²) in [6, 6.07) is 8.57. The van der Waals surface area contributed by atoms with Crippen LogP contribution in [0, 0.1) is 5.92 Å². The van der Waals surface area contributed by atoms with E-state index in [1.165, 1.54) is 14.6 Å². The molecular weight excluding hydrogens is 320 g/mol. The van der Waals surface area contributed by atoms with Crippen LogP contribution in [-0.2, 0) is 19.6 Å². The Morgan fingerprint density at radius 3 is 2.29 bits per heavy atom. The number of thiophene rings is 2. The van der Waals surface area contributed by atoms with Crippen molar-refractivity contribution in [1.82, 2.24) is 10.2 Å². The van der Waals surface area contributed by atoms with Gasteiger partial charge in [-0.05, 0) is 43.8 Å². The lowest BCUT2D eigenvalue weighted by Crippen LogP contribution is -2.18. The highest BCUT2D eigenvalue weighted by Crippen LogP contribution is 2.24. The van der Waals surface area contributed by atoms with Crippen molar-refractivity contribution in [3.8, 4) is 0 Å². The second kappa shape index (κ2) is 8.30. The van der Waals surface area contributed by atoms with Gasteiger partial charge < -0.3 is 5.32 Å². The molecule has 0 aliphatic heterocycles. The molecule has 5 heteroatoms. The molecule has 2 heterocycles. The summed E-state index contributed by atoms with van der Waals surface area (Å²) >= 11 is 9.54. The molecule has 0 radical (unpaired) electrons. The molecule has 2 rings (SSSR count). The van der Waals surface area contributed by atoms with Gasteiger partial charge in [0.2, 0.25) is 0 Å². The van der Waals surface area contributed by atoms with Crippen LogP contribution in [0.2, 0.25) is 4.34 Å². The van der Waals surface area contributed by atoms with Gasteiger partial charge in [-0.3, -0.25) is 4.90 Å². The third-order valence-corrected chi connectivity index (χ3v) is 5.34. The predicted molar refractivity (Wildman–Crippen MR) is 95.4 cm³/mol. The van der Waals surface area contributed by atoms with Gasteiger partial charge in [0.05, 0.1) is 4.34 Å². The molecule has 2 aromatic heterocycles. The van der Waals surface area contributed by atoms with Crippen molar-refractivity contribution in [3.05, 3.63) is 43.2 Å². The Bertz CT molecular complexity index is 548. The maximum Gasteiger partial charge on any atom is 0.0931 e. The maximum atomic E-state index is 5.97. The van der Waals surface area contributed by atoms with Crippen molar-refractivity contribution in [2.75, 3.05) is 13.6 Å². The molecule has 0 saturated heterocycles. The van der Waals surface area contributed by atoms with Gasteiger partial charge in [0.1, 0.15) is 0 Å². The fourth-order valence-corrected chi connectivity index (χ4v) is 4.35. The molecule has 2 aromatic rings. The van der Waals surface area contributed by atoms with E-state index in [2.05, 4.69) is 49.3 Å². The van der Waals surface area contributed by atoms with Crippen LogP contribution in [0.4, 0.5) is 0 Å². The first-order valence-electron chi connectivity index (χ1n) is 7.24. The van der Waals surface area contributed by atoms with Gasteiger partial charge in [0.25, 0.3) is 0 Å². The van der Waals surface area contributed by atoms with E-state index in [4.69, 9.17) is 11.6 Å². The maximum absolute atomic E-state index is 5.97. The molecule has 2 nitrogen and oxygen atoms in total. The van der Waals surface area contributed by atoms with Gasteiger partial charge in [-0.25, -0.2) is 0 Å². The van der Waals surface area contributed by atoms with Crippen molar-refractivity contribution in [2.45, 2.75) is 33.5 Å². The minimum atomic E-state index is 0.702. The number of nitrogens with one attached hydrogen (secondary N) is 1. The molecule has 0 saturated carbocycles.